The number of nitrogens with zero attached hydrogens (tertiary/aromatic N) is 3. The summed E-state index contributed by atoms with van der Waals surface area (Å²) < 4.78 is 2.41. The summed E-state index contributed by atoms with van der Waals surface area (Å²) in [4.78, 5) is 8.55. The number of aliphatic hydroxyl groups excluding tert-OH is 1. The van der Waals surface area contributed by atoms with E-state index in [0.717, 1.165) is 27.8 Å². The van der Waals surface area contributed by atoms with Crippen LogP contribution in [0.1, 0.15) is 12.5 Å². The lowest BCUT2D eigenvalue weighted by atomic mass is 10.2. The Kier molecular flexibility index (Phi) is 2.52. The average molecular weight is 256 g/mol. The molecule has 74 valence electrons. The Morgan fingerprint density at radius 1 is 1.57 bits per heavy atom. The van der Waals surface area contributed by atoms with Crippen LogP contribution in [-0.2, 0) is 13.2 Å². The zero-order valence-corrected chi connectivity index (χ0v) is 9.32. The van der Waals surface area contributed by atoms with Crippen LogP contribution in [0.25, 0.3) is 11.2 Å². The molecule has 0 spiro atoms. The van der Waals surface area contributed by atoms with Crippen molar-refractivity contribution in [1.29, 1.82) is 0 Å². The summed E-state index contributed by atoms with van der Waals surface area (Å²) in [6.45, 7) is 1.99. The smallest absolute Gasteiger partial charge is 0.160 e. The maximum absolute atomic E-state index is 9.10. The van der Waals surface area contributed by atoms with Crippen LogP contribution in [0.15, 0.2) is 17.0 Å². The predicted molar refractivity (Wildman–Crippen MR) is 56.8 cm³/mol. The highest BCUT2D eigenvalue weighted by molar-refractivity contribution is 9.10. The standard InChI is InChI=1S/C9H10BrN3O/c1-2-6-4-13(5-14)9-8(6)12-7(10)3-11-9/h3-4,14H,2,5H2,1H3. The maximum Gasteiger partial charge on any atom is 0.160 e. The van der Waals surface area contributed by atoms with E-state index in [4.69, 9.17) is 5.11 Å². The van der Waals surface area contributed by atoms with Crippen molar-refractivity contribution < 1.29 is 5.11 Å². The minimum absolute atomic E-state index is 0.0627. The normalized spacial score (nSPS) is 11.1. The number of aliphatic hydroxyl groups is 1. The topological polar surface area (TPSA) is 50.9 Å². The van der Waals surface area contributed by atoms with Gasteiger partial charge in [0, 0.05) is 6.20 Å². The molecule has 0 aliphatic carbocycles. The minimum Gasteiger partial charge on any atom is -0.376 e. The highest BCUT2D eigenvalue weighted by atomic mass is 79.9. The molecule has 0 fully saturated rings. The van der Waals surface area contributed by atoms with Gasteiger partial charge < -0.3 is 9.67 Å². The summed E-state index contributed by atoms with van der Waals surface area (Å²) >= 11 is 3.28. The van der Waals surface area contributed by atoms with Crippen molar-refractivity contribution in [2.45, 2.75) is 20.1 Å². The monoisotopic (exact) mass is 255 g/mol. The van der Waals surface area contributed by atoms with Crippen molar-refractivity contribution in [1.82, 2.24) is 14.5 Å². The first kappa shape index (κ1) is 9.61. The van der Waals surface area contributed by atoms with E-state index in [1.807, 2.05) is 6.20 Å². The van der Waals surface area contributed by atoms with Crippen molar-refractivity contribution in [2.24, 2.45) is 0 Å². The number of aromatic nitrogens is 3. The first-order chi connectivity index (χ1) is 6.76. The summed E-state index contributed by atoms with van der Waals surface area (Å²) in [6.07, 6.45) is 4.40. The van der Waals surface area contributed by atoms with Gasteiger partial charge in [-0.3, -0.25) is 0 Å². The first-order valence-corrected chi connectivity index (χ1v) is 5.16. The summed E-state index contributed by atoms with van der Waals surface area (Å²) in [7, 11) is 0. The number of hydrogen-bond donors (Lipinski definition) is 1. The van der Waals surface area contributed by atoms with Crippen LogP contribution >= 0.6 is 15.9 Å². The fraction of sp³-hybridized carbons (Fsp3) is 0.333. The number of fused-ring (bicyclic) bond motifs is 1. The third-order valence-corrected chi connectivity index (χ3v) is 2.53. The fourth-order valence-corrected chi connectivity index (χ4v) is 1.74. The molecule has 2 rings (SSSR count). The molecule has 0 saturated carbocycles. The Bertz CT molecular complexity index is 466. The van der Waals surface area contributed by atoms with E-state index in [9.17, 15) is 0 Å². The van der Waals surface area contributed by atoms with Crippen LogP contribution < -0.4 is 0 Å². The lowest BCUT2D eigenvalue weighted by molar-refractivity contribution is 0.214. The van der Waals surface area contributed by atoms with Gasteiger partial charge >= 0.3 is 0 Å². The van der Waals surface area contributed by atoms with Gasteiger partial charge in [-0.1, -0.05) is 6.92 Å². The molecule has 0 unspecified atom stereocenters. The summed E-state index contributed by atoms with van der Waals surface area (Å²) in [5.74, 6) is 0. The molecule has 0 aliphatic rings. The van der Waals surface area contributed by atoms with Crippen LogP contribution in [0.4, 0.5) is 0 Å². The molecule has 0 radical (unpaired) electrons. The zero-order chi connectivity index (χ0) is 10.1. The van der Waals surface area contributed by atoms with E-state index in [1.165, 1.54) is 0 Å². The Morgan fingerprint density at radius 3 is 3.00 bits per heavy atom. The van der Waals surface area contributed by atoms with Crippen molar-refractivity contribution in [3.63, 3.8) is 0 Å². The molecule has 2 heterocycles. The average Bonchev–Trinajstić information content (AvgIpc) is 2.55. The van der Waals surface area contributed by atoms with Gasteiger partial charge in [0.1, 0.15) is 16.9 Å². The lowest BCUT2D eigenvalue weighted by Gasteiger charge is -1.97. The van der Waals surface area contributed by atoms with Gasteiger partial charge in [0.05, 0.1) is 6.20 Å². The second kappa shape index (κ2) is 3.67. The third kappa shape index (κ3) is 1.42. The Morgan fingerprint density at radius 2 is 2.36 bits per heavy atom. The second-order valence-electron chi connectivity index (χ2n) is 2.98. The summed E-state index contributed by atoms with van der Waals surface area (Å²) in [5.41, 5.74) is 2.69. The van der Waals surface area contributed by atoms with E-state index in [1.54, 1.807) is 10.8 Å². The van der Waals surface area contributed by atoms with Gasteiger partial charge in [0.25, 0.3) is 0 Å². The van der Waals surface area contributed by atoms with Crippen molar-refractivity contribution in [3.05, 3.63) is 22.6 Å². The first-order valence-electron chi connectivity index (χ1n) is 4.37. The second-order valence-corrected chi connectivity index (χ2v) is 3.80. The summed E-state index contributed by atoms with van der Waals surface area (Å²) in [6, 6.07) is 0. The van der Waals surface area contributed by atoms with E-state index in [0.29, 0.717) is 0 Å². The van der Waals surface area contributed by atoms with Crippen molar-refractivity contribution >= 4 is 27.1 Å². The van der Waals surface area contributed by atoms with E-state index in [-0.39, 0.29) is 6.73 Å². The predicted octanol–water partition coefficient (Wildman–Crippen LogP) is 1.71. The Labute approximate surface area is 89.7 Å². The molecule has 2 aromatic heterocycles. The molecule has 5 heteroatoms. The molecular formula is C9H10BrN3O. The van der Waals surface area contributed by atoms with E-state index in [2.05, 4.69) is 32.8 Å². The van der Waals surface area contributed by atoms with Crippen LogP contribution in [-0.4, -0.2) is 19.6 Å². The number of rotatable bonds is 2. The van der Waals surface area contributed by atoms with Crippen LogP contribution in [0.2, 0.25) is 0 Å². The molecule has 0 aromatic carbocycles. The SMILES string of the molecule is CCc1cn(CO)c2ncc(Br)nc12. The quantitative estimate of drug-likeness (QED) is 0.889. The van der Waals surface area contributed by atoms with Crippen LogP contribution in [0.5, 0.6) is 0 Å². The van der Waals surface area contributed by atoms with Gasteiger partial charge in [-0.05, 0) is 27.9 Å². The molecule has 14 heavy (non-hydrogen) atoms. The van der Waals surface area contributed by atoms with E-state index >= 15 is 0 Å². The number of halogens is 1. The molecule has 0 atom stereocenters. The number of hydrogen-bond acceptors (Lipinski definition) is 3. The Balaban J connectivity index is 2.75. The molecule has 0 saturated heterocycles. The molecule has 0 aliphatic heterocycles. The highest BCUT2D eigenvalue weighted by Gasteiger charge is 2.09. The fourth-order valence-electron chi connectivity index (χ4n) is 1.46. The highest BCUT2D eigenvalue weighted by Crippen LogP contribution is 2.19. The van der Waals surface area contributed by atoms with Crippen LogP contribution in [0.3, 0.4) is 0 Å². The number of aryl methyl sites for hydroxylation is 1. The van der Waals surface area contributed by atoms with Crippen LogP contribution in [0, 0.1) is 0 Å². The molecular weight excluding hydrogens is 246 g/mol. The zero-order valence-electron chi connectivity index (χ0n) is 7.74. The third-order valence-electron chi connectivity index (χ3n) is 2.14. The Hall–Kier alpha value is -0.940. The molecule has 0 amide bonds. The van der Waals surface area contributed by atoms with Crippen molar-refractivity contribution in [2.75, 3.05) is 0 Å². The lowest BCUT2D eigenvalue weighted by Crippen LogP contribution is -1.95. The van der Waals surface area contributed by atoms with Gasteiger partial charge in [-0.25, -0.2) is 9.97 Å². The van der Waals surface area contributed by atoms with Gasteiger partial charge in [0.2, 0.25) is 0 Å². The van der Waals surface area contributed by atoms with Gasteiger partial charge in [-0.2, -0.15) is 0 Å². The maximum atomic E-state index is 9.10. The van der Waals surface area contributed by atoms with Gasteiger partial charge in [-0.15, -0.1) is 0 Å². The van der Waals surface area contributed by atoms with Gasteiger partial charge in [0.15, 0.2) is 5.65 Å². The molecule has 4 nitrogen and oxygen atoms in total. The molecule has 0 bridgehead atoms. The molecule has 2 aromatic rings. The minimum atomic E-state index is -0.0627. The summed E-state index contributed by atoms with van der Waals surface area (Å²) in [5, 5.41) is 9.10. The van der Waals surface area contributed by atoms with E-state index < -0.39 is 0 Å². The largest absolute Gasteiger partial charge is 0.376 e. The molecule has 1 N–H and O–H groups in total. The van der Waals surface area contributed by atoms with Crippen molar-refractivity contribution in [3.8, 4) is 0 Å².